The van der Waals surface area contributed by atoms with Crippen molar-refractivity contribution in [2.45, 2.75) is 65.5 Å². The number of hydrogen-bond acceptors (Lipinski definition) is 3. The fourth-order valence-electron chi connectivity index (χ4n) is 1.48. The van der Waals surface area contributed by atoms with Crippen LogP contribution in [-0.4, -0.2) is 23.7 Å². The monoisotopic (exact) mass is 316 g/mol. The van der Waals surface area contributed by atoms with Crippen LogP contribution >= 0.6 is 0 Å². The minimum atomic E-state index is -1.67. The Morgan fingerprint density at radius 1 is 0.950 bits per heavy atom. The number of rotatable bonds is 9. The van der Waals surface area contributed by atoms with E-state index in [1.807, 2.05) is 6.08 Å². The second-order valence-electron chi connectivity index (χ2n) is 6.85. The van der Waals surface area contributed by atoms with E-state index in [1.165, 1.54) is 12.8 Å². The van der Waals surface area contributed by atoms with Gasteiger partial charge in [0.1, 0.15) is 5.76 Å². The molecule has 0 aromatic rings. The van der Waals surface area contributed by atoms with Crippen molar-refractivity contribution in [3.63, 3.8) is 0 Å². The van der Waals surface area contributed by atoms with Crippen LogP contribution in [0.3, 0.4) is 0 Å². The molecule has 0 saturated carbocycles. The number of methoxy groups -OCH3 is 1. The molecule has 0 saturated heterocycles. The number of unbranched alkanes of at least 4 members (excludes halogenated alkanes) is 2. The third-order valence-corrected chi connectivity index (χ3v) is 3.86. The van der Waals surface area contributed by atoms with E-state index in [0.717, 1.165) is 12.2 Å². The maximum Gasteiger partial charge on any atom is 0.268 e. The molecule has 5 heteroatoms. The summed E-state index contributed by atoms with van der Waals surface area (Å²) in [4.78, 5) is 0. The van der Waals surface area contributed by atoms with Crippen LogP contribution in [0.25, 0.3) is 0 Å². The van der Waals surface area contributed by atoms with Gasteiger partial charge in [-0.15, -0.1) is 0 Å². The van der Waals surface area contributed by atoms with Gasteiger partial charge in [0.15, 0.2) is 0 Å². The quantitative estimate of drug-likeness (QED) is 0.251. The zero-order chi connectivity index (χ0) is 15.8. The topological polar surface area (TPSA) is 27.7 Å². The SMILES string of the molecule is CCCC/C=C(/C=C(/OC)O[Si](C)(C)C)O[Si](C)(C)C. The molecule has 0 spiro atoms. The van der Waals surface area contributed by atoms with Crippen LogP contribution in [0.4, 0.5) is 0 Å². The summed E-state index contributed by atoms with van der Waals surface area (Å²) in [5, 5.41) is 0. The first-order valence-corrected chi connectivity index (χ1v) is 14.2. The standard InChI is InChI=1S/C15H32O3Si2/c1-9-10-11-12-14(17-19(3,4)5)13-15(16-2)18-20(6,7)8/h12-13H,9-11H2,1-8H3/b14-12-,15-13-. The molecule has 0 aromatic heterocycles. The first kappa shape index (κ1) is 19.3. The Labute approximate surface area is 127 Å². The van der Waals surface area contributed by atoms with Crippen molar-refractivity contribution in [2.24, 2.45) is 0 Å². The lowest BCUT2D eigenvalue weighted by Gasteiger charge is -2.23. The summed E-state index contributed by atoms with van der Waals surface area (Å²) in [5.41, 5.74) is 0. The smallest absolute Gasteiger partial charge is 0.268 e. The molecule has 0 rings (SSSR count). The predicted molar refractivity (Wildman–Crippen MR) is 91.6 cm³/mol. The molecule has 0 N–H and O–H groups in total. The number of ether oxygens (including phenoxy) is 1. The van der Waals surface area contributed by atoms with Gasteiger partial charge in [-0.2, -0.15) is 0 Å². The molecule has 20 heavy (non-hydrogen) atoms. The summed E-state index contributed by atoms with van der Waals surface area (Å²) in [6.45, 7) is 15.2. The Hall–Kier alpha value is -0.686. The van der Waals surface area contributed by atoms with Gasteiger partial charge in [-0.25, -0.2) is 0 Å². The van der Waals surface area contributed by atoms with Crippen LogP contribution in [0.15, 0.2) is 23.9 Å². The van der Waals surface area contributed by atoms with E-state index >= 15 is 0 Å². The lowest BCUT2D eigenvalue weighted by molar-refractivity contribution is 0.145. The van der Waals surface area contributed by atoms with Gasteiger partial charge >= 0.3 is 0 Å². The van der Waals surface area contributed by atoms with E-state index in [1.54, 1.807) is 7.11 Å². The Kier molecular flexibility index (Phi) is 8.27. The summed E-state index contributed by atoms with van der Waals surface area (Å²) >= 11 is 0. The second-order valence-corrected chi connectivity index (χ2v) is 15.7. The molecule has 118 valence electrons. The van der Waals surface area contributed by atoms with Crippen LogP contribution in [0.5, 0.6) is 0 Å². The van der Waals surface area contributed by atoms with Crippen molar-refractivity contribution in [1.82, 2.24) is 0 Å². The maximum atomic E-state index is 6.11. The largest absolute Gasteiger partial charge is 0.544 e. The molecule has 0 radical (unpaired) electrons. The van der Waals surface area contributed by atoms with E-state index in [9.17, 15) is 0 Å². The molecule has 0 bridgehead atoms. The van der Waals surface area contributed by atoms with Gasteiger partial charge in [-0.05, 0) is 58.2 Å². The molecule has 0 heterocycles. The lowest BCUT2D eigenvalue weighted by atomic mass is 10.2. The molecular weight excluding hydrogens is 284 g/mol. The van der Waals surface area contributed by atoms with Crippen LogP contribution in [-0.2, 0) is 13.6 Å². The minimum Gasteiger partial charge on any atom is -0.544 e. The highest BCUT2D eigenvalue weighted by Crippen LogP contribution is 2.18. The molecular formula is C15H32O3Si2. The van der Waals surface area contributed by atoms with E-state index in [2.05, 4.69) is 52.3 Å². The summed E-state index contributed by atoms with van der Waals surface area (Å²) < 4.78 is 17.4. The van der Waals surface area contributed by atoms with E-state index in [4.69, 9.17) is 13.6 Å². The van der Waals surface area contributed by atoms with Crippen molar-refractivity contribution in [3.05, 3.63) is 23.9 Å². The first-order valence-electron chi connectivity index (χ1n) is 7.41. The Bertz CT molecular complexity index is 336. The summed E-state index contributed by atoms with van der Waals surface area (Å²) in [5.74, 6) is 1.44. The number of hydrogen-bond donors (Lipinski definition) is 0. The molecule has 0 aliphatic carbocycles. The van der Waals surface area contributed by atoms with Crippen molar-refractivity contribution < 1.29 is 13.6 Å². The fourth-order valence-corrected chi connectivity index (χ4v) is 3.08. The average Bonchev–Trinajstić information content (AvgIpc) is 2.24. The van der Waals surface area contributed by atoms with Crippen LogP contribution < -0.4 is 0 Å². The van der Waals surface area contributed by atoms with Gasteiger partial charge in [-0.3, -0.25) is 0 Å². The third-order valence-electron chi connectivity index (χ3n) is 2.20. The fraction of sp³-hybridized carbons (Fsp3) is 0.733. The summed E-state index contributed by atoms with van der Waals surface area (Å²) in [7, 11) is -1.66. The van der Waals surface area contributed by atoms with E-state index in [0.29, 0.717) is 5.95 Å². The zero-order valence-electron chi connectivity index (χ0n) is 14.5. The molecule has 0 unspecified atom stereocenters. The van der Waals surface area contributed by atoms with Crippen molar-refractivity contribution in [3.8, 4) is 0 Å². The molecule has 0 aliphatic heterocycles. The van der Waals surface area contributed by atoms with Gasteiger partial charge in [0, 0.05) is 0 Å². The zero-order valence-corrected chi connectivity index (χ0v) is 16.5. The molecule has 0 aliphatic rings. The first-order chi connectivity index (χ1) is 9.07. The third kappa shape index (κ3) is 11.2. The van der Waals surface area contributed by atoms with Crippen molar-refractivity contribution >= 4 is 16.6 Å². The Balaban J connectivity index is 5.03. The highest BCUT2D eigenvalue weighted by atomic mass is 28.4. The van der Waals surface area contributed by atoms with Gasteiger partial charge in [0.05, 0.1) is 13.2 Å². The van der Waals surface area contributed by atoms with Gasteiger partial charge in [0.2, 0.25) is 16.6 Å². The Morgan fingerprint density at radius 2 is 1.50 bits per heavy atom. The summed E-state index contributed by atoms with van der Waals surface area (Å²) in [6, 6.07) is 0. The van der Waals surface area contributed by atoms with Crippen LogP contribution in [0, 0.1) is 0 Å². The van der Waals surface area contributed by atoms with Crippen LogP contribution in [0.1, 0.15) is 26.2 Å². The van der Waals surface area contributed by atoms with Crippen molar-refractivity contribution in [2.75, 3.05) is 7.11 Å². The van der Waals surface area contributed by atoms with Gasteiger partial charge in [-0.1, -0.05) is 13.3 Å². The Morgan fingerprint density at radius 3 is 1.90 bits per heavy atom. The average molecular weight is 317 g/mol. The van der Waals surface area contributed by atoms with Gasteiger partial charge < -0.3 is 13.6 Å². The molecule has 0 fully saturated rings. The van der Waals surface area contributed by atoms with E-state index in [-0.39, 0.29) is 0 Å². The van der Waals surface area contributed by atoms with Gasteiger partial charge in [0.25, 0.3) is 5.95 Å². The molecule has 0 atom stereocenters. The van der Waals surface area contributed by atoms with E-state index < -0.39 is 16.6 Å². The number of allylic oxidation sites excluding steroid dienone is 2. The van der Waals surface area contributed by atoms with Crippen LogP contribution in [0.2, 0.25) is 39.3 Å². The summed E-state index contributed by atoms with van der Waals surface area (Å²) in [6.07, 6.45) is 7.42. The molecule has 0 amide bonds. The van der Waals surface area contributed by atoms with Crippen molar-refractivity contribution in [1.29, 1.82) is 0 Å². The lowest BCUT2D eigenvalue weighted by Crippen LogP contribution is -2.26. The highest BCUT2D eigenvalue weighted by molar-refractivity contribution is 6.70. The molecule has 3 nitrogen and oxygen atoms in total. The minimum absolute atomic E-state index is 0.560. The second kappa shape index (κ2) is 8.57. The predicted octanol–water partition coefficient (Wildman–Crippen LogP) is 5.25. The molecule has 0 aromatic carbocycles. The maximum absolute atomic E-state index is 6.11. The highest BCUT2D eigenvalue weighted by Gasteiger charge is 2.20. The normalized spacial score (nSPS) is 14.2.